The highest BCUT2D eigenvalue weighted by molar-refractivity contribution is 4.58. The molecule has 1 atom stereocenters. The third kappa shape index (κ3) is 13.9. The van der Waals surface area contributed by atoms with E-state index >= 15 is 0 Å². The molecule has 18 heavy (non-hydrogen) atoms. The lowest BCUT2D eigenvalue weighted by Crippen LogP contribution is -2.31. The summed E-state index contributed by atoms with van der Waals surface area (Å²) in [5.74, 6) is 0.520. The Hall–Kier alpha value is -0.160. The molecule has 4 nitrogen and oxygen atoms in total. The van der Waals surface area contributed by atoms with Crippen molar-refractivity contribution in [1.82, 2.24) is 5.32 Å². The molecule has 2 N–H and O–H groups in total. The molecular formula is C14H31NO3. The van der Waals surface area contributed by atoms with Gasteiger partial charge in [0, 0.05) is 19.8 Å². The summed E-state index contributed by atoms with van der Waals surface area (Å²) in [6.07, 6.45) is 2.05. The predicted octanol–water partition coefficient (Wildman–Crippen LogP) is 1.81. The molecule has 0 aliphatic rings. The fraction of sp³-hybridized carbons (Fsp3) is 1.00. The molecule has 4 heteroatoms. The van der Waals surface area contributed by atoms with E-state index in [0.29, 0.717) is 31.8 Å². The van der Waals surface area contributed by atoms with E-state index in [1.165, 1.54) is 0 Å². The van der Waals surface area contributed by atoms with Gasteiger partial charge in [0.25, 0.3) is 0 Å². The van der Waals surface area contributed by atoms with E-state index in [2.05, 4.69) is 19.2 Å². The van der Waals surface area contributed by atoms with Crippen LogP contribution in [0, 0.1) is 5.92 Å². The molecular weight excluding hydrogens is 230 g/mol. The monoisotopic (exact) mass is 261 g/mol. The van der Waals surface area contributed by atoms with Crippen molar-refractivity contribution in [2.24, 2.45) is 5.92 Å². The lowest BCUT2D eigenvalue weighted by molar-refractivity contribution is 0.0261. The molecule has 0 aromatic heterocycles. The molecule has 0 rings (SSSR count). The maximum Gasteiger partial charge on any atom is 0.0897 e. The summed E-state index contributed by atoms with van der Waals surface area (Å²) in [6.45, 7) is 11.8. The minimum absolute atomic E-state index is 0.317. The average Bonchev–Trinajstić information content (AvgIpc) is 2.26. The van der Waals surface area contributed by atoms with Crippen LogP contribution in [0.15, 0.2) is 0 Å². The van der Waals surface area contributed by atoms with Gasteiger partial charge in [-0.2, -0.15) is 0 Å². The Morgan fingerprint density at radius 2 is 1.78 bits per heavy atom. The third-order valence-electron chi connectivity index (χ3n) is 2.34. The second-order valence-electron chi connectivity index (χ2n) is 5.42. The number of unbranched alkanes of at least 4 members (excludes halogenated alkanes) is 1. The fourth-order valence-corrected chi connectivity index (χ4v) is 1.44. The first-order valence-electron chi connectivity index (χ1n) is 7.10. The number of aliphatic hydroxyl groups excluding tert-OH is 1. The van der Waals surface area contributed by atoms with E-state index in [-0.39, 0.29) is 0 Å². The summed E-state index contributed by atoms with van der Waals surface area (Å²) in [7, 11) is 0. The number of nitrogens with one attached hydrogen (secondary N) is 1. The van der Waals surface area contributed by atoms with E-state index < -0.39 is 6.10 Å². The number of hydrogen-bond donors (Lipinski definition) is 2. The van der Waals surface area contributed by atoms with Gasteiger partial charge in [-0.15, -0.1) is 0 Å². The van der Waals surface area contributed by atoms with Crippen molar-refractivity contribution in [1.29, 1.82) is 0 Å². The highest BCUT2D eigenvalue weighted by atomic mass is 16.5. The van der Waals surface area contributed by atoms with Crippen LogP contribution in [0.3, 0.4) is 0 Å². The van der Waals surface area contributed by atoms with Gasteiger partial charge in [-0.25, -0.2) is 0 Å². The van der Waals surface area contributed by atoms with E-state index in [9.17, 15) is 5.11 Å². The number of rotatable bonds is 12. The van der Waals surface area contributed by atoms with Gasteiger partial charge in [0.15, 0.2) is 0 Å². The van der Waals surface area contributed by atoms with Crippen LogP contribution in [-0.2, 0) is 9.47 Å². The van der Waals surface area contributed by atoms with E-state index in [0.717, 1.165) is 26.0 Å². The van der Waals surface area contributed by atoms with Crippen molar-refractivity contribution in [3.05, 3.63) is 0 Å². The Kier molecular flexibility index (Phi) is 11.8. The molecule has 0 saturated carbocycles. The molecule has 0 aliphatic carbocycles. The van der Waals surface area contributed by atoms with Crippen LogP contribution in [0.4, 0.5) is 0 Å². The van der Waals surface area contributed by atoms with E-state index in [1.807, 2.05) is 13.8 Å². The fourth-order valence-electron chi connectivity index (χ4n) is 1.44. The molecule has 0 fully saturated rings. The summed E-state index contributed by atoms with van der Waals surface area (Å²) in [4.78, 5) is 0. The Morgan fingerprint density at radius 3 is 2.39 bits per heavy atom. The maximum atomic E-state index is 9.63. The van der Waals surface area contributed by atoms with Crippen molar-refractivity contribution in [3.8, 4) is 0 Å². The molecule has 0 aromatic carbocycles. The van der Waals surface area contributed by atoms with Gasteiger partial charge < -0.3 is 19.9 Å². The van der Waals surface area contributed by atoms with Gasteiger partial charge >= 0.3 is 0 Å². The third-order valence-corrected chi connectivity index (χ3v) is 2.34. The quantitative estimate of drug-likeness (QED) is 0.526. The maximum absolute atomic E-state index is 9.63. The second kappa shape index (κ2) is 11.9. The zero-order valence-corrected chi connectivity index (χ0v) is 12.4. The largest absolute Gasteiger partial charge is 0.389 e. The van der Waals surface area contributed by atoms with Crippen LogP contribution in [-0.4, -0.2) is 50.2 Å². The minimum Gasteiger partial charge on any atom is -0.389 e. The van der Waals surface area contributed by atoms with Crippen molar-refractivity contribution in [2.75, 3.05) is 32.9 Å². The van der Waals surface area contributed by atoms with Crippen molar-refractivity contribution in [3.63, 3.8) is 0 Å². The first-order chi connectivity index (χ1) is 8.52. The first kappa shape index (κ1) is 17.8. The Balaban J connectivity index is 3.17. The highest BCUT2D eigenvalue weighted by Gasteiger charge is 2.04. The van der Waals surface area contributed by atoms with Gasteiger partial charge in [0.1, 0.15) is 0 Å². The number of ether oxygens (including phenoxy) is 2. The van der Waals surface area contributed by atoms with Crippen LogP contribution < -0.4 is 5.32 Å². The second-order valence-corrected chi connectivity index (χ2v) is 5.42. The Labute approximate surface area is 112 Å². The van der Waals surface area contributed by atoms with Gasteiger partial charge in [-0.3, -0.25) is 0 Å². The van der Waals surface area contributed by atoms with Gasteiger partial charge in [-0.05, 0) is 39.2 Å². The highest BCUT2D eigenvalue weighted by Crippen LogP contribution is 1.95. The molecule has 0 heterocycles. The zero-order valence-electron chi connectivity index (χ0n) is 12.4. The molecule has 0 saturated heterocycles. The molecule has 110 valence electrons. The molecule has 0 spiro atoms. The van der Waals surface area contributed by atoms with Crippen molar-refractivity contribution in [2.45, 2.75) is 52.7 Å². The Morgan fingerprint density at radius 1 is 1.06 bits per heavy atom. The normalized spacial score (nSPS) is 13.5. The topological polar surface area (TPSA) is 50.7 Å². The lowest BCUT2D eigenvalue weighted by atomic mass is 10.2. The smallest absolute Gasteiger partial charge is 0.0897 e. The first-order valence-corrected chi connectivity index (χ1v) is 7.10. The lowest BCUT2D eigenvalue weighted by Gasteiger charge is -2.13. The average molecular weight is 261 g/mol. The van der Waals surface area contributed by atoms with Gasteiger partial charge in [0.05, 0.1) is 18.8 Å². The molecule has 0 amide bonds. The summed E-state index contributed by atoms with van der Waals surface area (Å²) in [5.41, 5.74) is 0. The van der Waals surface area contributed by atoms with Gasteiger partial charge in [-0.1, -0.05) is 13.8 Å². The van der Waals surface area contributed by atoms with Crippen LogP contribution >= 0.6 is 0 Å². The summed E-state index contributed by atoms with van der Waals surface area (Å²) in [6, 6.07) is 0. The standard InChI is InChI=1S/C14H31NO3/c1-12(2)10-17-11-14(16)9-15-7-5-6-8-18-13(3)4/h12-16H,5-11H2,1-4H3. The van der Waals surface area contributed by atoms with E-state index in [1.54, 1.807) is 0 Å². The minimum atomic E-state index is -0.407. The van der Waals surface area contributed by atoms with Crippen molar-refractivity contribution < 1.29 is 14.6 Å². The SMILES string of the molecule is CC(C)COCC(O)CNCCCCOC(C)C. The number of aliphatic hydroxyl groups is 1. The molecule has 0 aromatic rings. The van der Waals surface area contributed by atoms with Crippen LogP contribution in [0.2, 0.25) is 0 Å². The summed E-state index contributed by atoms with van der Waals surface area (Å²) in [5, 5.41) is 12.9. The summed E-state index contributed by atoms with van der Waals surface area (Å²) >= 11 is 0. The molecule has 0 aliphatic heterocycles. The Bertz CT molecular complexity index is 174. The molecule has 1 unspecified atom stereocenters. The van der Waals surface area contributed by atoms with Gasteiger partial charge in [0.2, 0.25) is 0 Å². The molecule has 0 bridgehead atoms. The predicted molar refractivity (Wildman–Crippen MR) is 74.9 cm³/mol. The summed E-state index contributed by atoms with van der Waals surface area (Å²) < 4.78 is 10.8. The van der Waals surface area contributed by atoms with Crippen molar-refractivity contribution >= 4 is 0 Å². The molecule has 0 radical (unpaired) electrons. The van der Waals surface area contributed by atoms with Crippen LogP contribution in [0.1, 0.15) is 40.5 Å². The zero-order chi connectivity index (χ0) is 13.8. The number of hydrogen-bond acceptors (Lipinski definition) is 4. The van der Waals surface area contributed by atoms with Crippen LogP contribution in [0.5, 0.6) is 0 Å². The van der Waals surface area contributed by atoms with Crippen LogP contribution in [0.25, 0.3) is 0 Å². The van der Waals surface area contributed by atoms with E-state index in [4.69, 9.17) is 9.47 Å².